The van der Waals surface area contributed by atoms with Crippen molar-refractivity contribution < 1.29 is 24.4 Å². The molecule has 3 rings (SSSR count). The van der Waals surface area contributed by atoms with E-state index in [1.165, 1.54) is 11.8 Å². The summed E-state index contributed by atoms with van der Waals surface area (Å²) in [5, 5.41) is 20.7. The minimum atomic E-state index is -1.02. The number of hydrogen-bond acceptors (Lipinski definition) is 6. The fraction of sp³-hybridized carbons (Fsp3) is 0.400. The maximum atomic E-state index is 10.5. The molecule has 26 heavy (non-hydrogen) atoms. The highest BCUT2D eigenvalue weighted by Gasteiger charge is 2.43. The first-order valence-corrected chi connectivity index (χ1v) is 9.44. The summed E-state index contributed by atoms with van der Waals surface area (Å²) in [6, 6.07) is 17.4. The largest absolute Gasteiger partial charge is 0.497 e. The first-order chi connectivity index (χ1) is 12.6. The van der Waals surface area contributed by atoms with Gasteiger partial charge in [-0.1, -0.05) is 42.1 Å². The molecule has 1 aliphatic rings. The van der Waals surface area contributed by atoms with Gasteiger partial charge in [-0.25, -0.2) is 0 Å². The Morgan fingerprint density at radius 1 is 1.00 bits per heavy atom. The van der Waals surface area contributed by atoms with Crippen LogP contribution >= 0.6 is 11.8 Å². The molecule has 140 valence electrons. The van der Waals surface area contributed by atoms with Gasteiger partial charge >= 0.3 is 0 Å². The number of aliphatic hydroxyl groups excluding tert-OH is 2. The maximum absolute atomic E-state index is 10.5. The Kier molecular flexibility index (Phi) is 6.56. The van der Waals surface area contributed by atoms with Crippen molar-refractivity contribution in [1.29, 1.82) is 0 Å². The van der Waals surface area contributed by atoms with Crippen molar-refractivity contribution in [2.24, 2.45) is 0 Å². The third-order valence-electron chi connectivity index (χ3n) is 4.38. The highest BCUT2D eigenvalue weighted by Crippen LogP contribution is 2.35. The second-order valence-corrected chi connectivity index (χ2v) is 7.42. The lowest BCUT2D eigenvalue weighted by Crippen LogP contribution is -2.56. The van der Waals surface area contributed by atoms with Crippen LogP contribution in [0.4, 0.5) is 0 Å². The summed E-state index contributed by atoms with van der Waals surface area (Å²) in [4.78, 5) is 1.02. The Labute approximate surface area is 157 Å². The van der Waals surface area contributed by atoms with Crippen molar-refractivity contribution in [1.82, 2.24) is 0 Å². The molecule has 5 nitrogen and oxygen atoms in total. The number of aliphatic hydroxyl groups is 2. The van der Waals surface area contributed by atoms with Gasteiger partial charge in [-0.3, -0.25) is 0 Å². The highest BCUT2D eigenvalue weighted by atomic mass is 32.2. The standard InChI is InChI=1S/C20H24O5S/c1-13-17(21)18(22)19(20(25-13)26-16-6-4-3-5-7-16)24-12-14-8-10-15(23-2)11-9-14/h3-11,13,17-22H,12H2,1-2H3/t13-,17+,18+,19-,20-/m0/s1. The molecule has 0 bridgehead atoms. The van der Waals surface area contributed by atoms with Gasteiger partial charge in [-0.2, -0.15) is 0 Å². The number of rotatable bonds is 6. The lowest BCUT2D eigenvalue weighted by Gasteiger charge is -2.41. The Balaban J connectivity index is 1.70. The van der Waals surface area contributed by atoms with Crippen molar-refractivity contribution in [3.05, 3.63) is 60.2 Å². The number of thioether (sulfide) groups is 1. The normalized spacial score (nSPS) is 28.7. The maximum Gasteiger partial charge on any atom is 0.136 e. The van der Waals surface area contributed by atoms with Crippen LogP contribution < -0.4 is 4.74 Å². The van der Waals surface area contributed by atoms with Crippen molar-refractivity contribution in [2.45, 2.75) is 48.3 Å². The molecule has 0 spiro atoms. The van der Waals surface area contributed by atoms with E-state index in [1.807, 2.05) is 54.6 Å². The summed E-state index contributed by atoms with van der Waals surface area (Å²) in [5.41, 5.74) is 0.540. The Morgan fingerprint density at radius 3 is 2.35 bits per heavy atom. The first-order valence-electron chi connectivity index (χ1n) is 8.56. The van der Waals surface area contributed by atoms with E-state index in [0.29, 0.717) is 6.61 Å². The second-order valence-electron chi connectivity index (χ2n) is 6.25. The molecule has 0 radical (unpaired) electrons. The molecule has 0 aromatic heterocycles. The smallest absolute Gasteiger partial charge is 0.136 e. The van der Waals surface area contributed by atoms with Crippen LogP contribution in [0.1, 0.15) is 12.5 Å². The summed E-state index contributed by atoms with van der Waals surface area (Å²) in [5.74, 6) is 0.775. The Morgan fingerprint density at radius 2 is 1.69 bits per heavy atom. The molecule has 1 saturated heterocycles. The van der Waals surface area contributed by atoms with Gasteiger partial charge in [0, 0.05) is 4.90 Å². The molecule has 0 saturated carbocycles. The van der Waals surface area contributed by atoms with Crippen LogP contribution in [0.3, 0.4) is 0 Å². The average molecular weight is 376 g/mol. The molecule has 2 aromatic carbocycles. The van der Waals surface area contributed by atoms with Crippen LogP contribution in [0.15, 0.2) is 59.5 Å². The Hall–Kier alpha value is -1.57. The Bertz CT molecular complexity index is 678. The van der Waals surface area contributed by atoms with E-state index in [4.69, 9.17) is 14.2 Å². The van der Waals surface area contributed by atoms with Gasteiger partial charge in [0.2, 0.25) is 0 Å². The molecule has 1 aliphatic heterocycles. The van der Waals surface area contributed by atoms with Crippen LogP contribution in [0.2, 0.25) is 0 Å². The topological polar surface area (TPSA) is 68.2 Å². The van der Waals surface area contributed by atoms with E-state index in [2.05, 4.69) is 0 Å². The fourth-order valence-electron chi connectivity index (χ4n) is 2.82. The predicted octanol–water partition coefficient (Wildman–Crippen LogP) is 2.84. The molecule has 5 atom stereocenters. The predicted molar refractivity (Wildman–Crippen MR) is 100 cm³/mol. The van der Waals surface area contributed by atoms with Crippen LogP contribution in [-0.2, 0) is 16.1 Å². The lowest BCUT2D eigenvalue weighted by atomic mass is 10.0. The van der Waals surface area contributed by atoms with Crippen molar-refractivity contribution in [3.8, 4) is 5.75 Å². The molecule has 0 amide bonds. The van der Waals surface area contributed by atoms with E-state index in [1.54, 1.807) is 14.0 Å². The highest BCUT2D eigenvalue weighted by molar-refractivity contribution is 7.99. The summed E-state index contributed by atoms with van der Waals surface area (Å²) < 4.78 is 17.0. The van der Waals surface area contributed by atoms with Gasteiger partial charge in [0.05, 0.1) is 19.8 Å². The van der Waals surface area contributed by atoms with Crippen LogP contribution in [0, 0.1) is 0 Å². The first kappa shape index (κ1) is 19.2. The minimum absolute atomic E-state index is 0.308. The molecule has 6 heteroatoms. The number of methoxy groups -OCH3 is 1. The lowest BCUT2D eigenvalue weighted by molar-refractivity contribution is -0.210. The number of ether oxygens (including phenoxy) is 3. The van der Waals surface area contributed by atoms with E-state index in [-0.39, 0.29) is 0 Å². The molecule has 2 N–H and O–H groups in total. The number of benzene rings is 2. The molecule has 1 fully saturated rings. The molecule has 0 unspecified atom stereocenters. The van der Waals surface area contributed by atoms with Crippen molar-refractivity contribution in [3.63, 3.8) is 0 Å². The average Bonchev–Trinajstić information content (AvgIpc) is 2.67. The van der Waals surface area contributed by atoms with E-state index >= 15 is 0 Å². The van der Waals surface area contributed by atoms with Crippen LogP contribution in [-0.4, -0.2) is 47.2 Å². The minimum Gasteiger partial charge on any atom is -0.497 e. The zero-order chi connectivity index (χ0) is 18.5. The van der Waals surface area contributed by atoms with Crippen LogP contribution in [0.5, 0.6) is 5.75 Å². The van der Waals surface area contributed by atoms with Crippen molar-refractivity contribution >= 4 is 11.8 Å². The molecule has 2 aromatic rings. The molecule has 0 aliphatic carbocycles. The van der Waals surface area contributed by atoms with E-state index in [0.717, 1.165) is 16.2 Å². The third-order valence-corrected chi connectivity index (χ3v) is 5.54. The van der Waals surface area contributed by atoms with Gasteiger partial charge in [-0.05, 0) is 36.8 Å². The summed E-state index contributed by atoms with van der Waals surface area (Å²) in [7, 11) is 1.62. The van der Waals surface area contributed by atoms with Gasteiger partial charge in [0.1, 0.15) is 29.5 Å². The fourth-order valence-corrected chi connectivity index (χ4v) is 4.01. The molecule has 1 heterocycles. The van der Waals surface area contributed by atoms with Gasteiger partial charge < -0.3 is 24.4 Å². The summed E-state index contributed by atoms with van der Waals surface area (Å²) in [6.45, 7) is 2.06. The zero-order valence-electron chi connectivity index (χ0n) is 14.8. The summed E-state index contributed by atoms with van der Waals surface area (Å²) >= 11 is 1.49. The van der Waals surface area contributed by atoms with Gasteiger partial charge in [0.15, 0.2) is 0 Å². The summed E-state index contributed by atoms with van der Waals surface area (Å²) in [6.07, 6.45) is -3.11. The SMILES string of the molecule is COc1ccc(CO[C@H]2[C@H](O)[C@H](O)[C@H](C)O[C@H]2Sc2ccccc2)cc1. The molecular weight excluding hydrogens is 352 g/mol. The van der Waals surface area contributed by atoms with Gasteiger partial charge in [-0.15, -0.1) is 0 Å². The number of hydrogen-bond donors (Lipinski definition) is 2. The van der Waals surface area contributed by atoms with Gasteiger partial charge in [0.25, 0.3) is 0 Å². The van der Waals surface area contributed by atoms with E-state index < -0.39 is 29.9 Å². The van der Waals surface area contributed by atoms with Crippen molar-refractivity contribution in [2.75, 3.05) is 7.11 Å². The van der Waals surface area contributed by atoms with E-state index in [9.17, 15) is 10.2 Å². The van der Waals surface area contributed by atoms with Crippen LogP contribution in [0.25, 0.3) is 0 Å². The zero-order valence-corrected chi connectivity index (χ0v) is 15.6. The quantitative estimate of drug-likeness (QED) is 0.808. The second kappa shape index (κ2) is 8.88. The third kappa shape index (κ3) is 4.58. The molecular formula is C20H24O5S. The monoisotopic (exact) mass is 376 g/mol.